The molecule has 1 aromatic rings. The molecule has 0 radical (unpaired) electrons. The molecule has 0 aromatic heterocycles. The largest absolute Gasteiger partial charge is 0.497 e. The Morgan fingerprint density at radius 2 is 2.12 bits per heavy atom. The van der Waals surface area contributed by atoms with Crippen LogP contribution in [-0.4, -0.2) is 25.3 Å². The minimum atomic E-state index is -0.750. The van der Waals surface area contributed by atoms with Crippen LogP contribution in [0, 0.1) is 0 Å². The quantitative estimate of drug-likeness (QED) is 0.849. The molecule has 92 valence electrons. The van der Waals surface area contributed by atoms with E-state index in [1.54, 1.807) is 20.3 Å². The van der Waals surface area contributed by atoms with Crippen molar-refractivity contribution >= 4 is 5.97 Å². The highest BCUT2D eigenvalue weighted by atomic mass is 16.5. The molecule has 0 bridgehead atoms. The van der Waals surface area contributed by atoms with Gasteiger partial charge in [0.1, 0.15) is 5.75 Å². The Kier molecular flexibility index (Phi) is 3.07. The maximum absolute atomic E-state index is 11.3. The van der Waals surface area contributed by atoms with Crippen molar-refractivity contribution in [1.82, 2.24) is 0 Å². The smallest absolute Gasteiger partial charge is 0.314 e. The Balaban J connectivity index is 2.43. The van der Waals surface area contributed by atoms with E-state index in [-0.39, 0.29) is 0 Å². The van der Waals surface area contributed by atoms with Crippen LogP contribution >= 0.6 is 0 Å². The van der Waals surface area contributed by atoms with E-state index in [0.717, 1.165) is 16.9 Å². The highest BCUT2D eigenvalue weighted by molar-refractivity contribution is 5.85. The van der Waals surface area contributed by atoms with Gasteiger partial charge in [-0.3, -0.25) is 4.79 Å². The first-order valence-electron chi connectivity index (χ1n) is 5.54. The lowest BCUT2D eigenvalue weighted by atomic mass is 9.91. The third kappa shape index (κ3) is 2.00. The van der Waals surface area contributed by atoms with Crippen molar-refractivity contribution in [3.05, 3.63) is 29.3 Å². The van der Waals surface area contributed by atoms with Crippen LogP contribution in [0.25, 0.3) is 0 Å². The number of carboxylic acid groups (broad SMARTS) is 1. The van der Waals surface area contributed by atoms with Crippen LogP contribution in [0.4, 0.5) is 0 Å². The standard InChI is InChI=1S/C13H16O4/c1-16-8-9-7-10(17-2)3-4-11(9)13(5-6-13)12(14)15/h3-4,7H,5-6,8H2,1-2H3,(H,14,15). The van der Waals surface area contributed by atoms with Crippen molar-refractivity contribution in [2.24, 2.45) is 0 Å². The molecule has 0 amide bonds. The summed E-state index contributed by atoms with van der Waals surface area (Å²) in [6.45, 7) is 0.404. The zero-order valence-corrected chi connectivity index (χ0v) is 10.0. The molecule has 4 heteroatoms. The maximum Gasteiger partial charge on any atom is 0.314 e. The van der Waals surface area contributed by atoms with Gasteiger partial charge in [0.15, 0.2) is 0 Å². The van der Waals surface area contributed by atoms with E-state index in [1.165, 1.54) is 0 Å². The molecule has 1 saturated carbocycles. The van der Waals surface area contributed by atoms with E-state index in [9.17, 15) is 9.90 Å². The lowest BCUT2D eigenvalue weighted by molar-refractivity contribution is -0.140. The van der Waals surface area contributed by atoms with E-state index in [2.05, 4.69) is 0 Å². The van der Waals surface area contributed by atoms with Crippen LogP contribution in [-0.2, 0) is 21.6 Å². The Hall–Kier alpha value is -1.55. The topological polar surface area (TPSA) is 55.8 Å². The van der Waals surface area contributed by atoms with Gasteiger partial charge in [0.25, 0.3) is 0 Å². The minimum Gasteiger partial charge on any atom is -0.497 e. The number of hydrogen-bond acceptors (Lipinski definition) is 3. The summed E-state index contributed by atoms with van der Waals surface area (Å²) >= 11 is 0. The van der Waals surface area contributed by atoms with Gasteiger partial charge in [-0.1, -0.05) is 6.07 Å². The molecule has 17 heavy (non-hydrogen) atoms. The molecule has 1 aromatic carbocycles. The van der Waals surface area contributed by atoms with Crippen molar-refractivity contribution < 1.29 is 19.4 Å². The van der Waals surface area contributed by atoms with E-state index < -0.39 is 11.4 Å². The van der Waals surface area contributed by atoms with E-state index in [0.29, 0.717) is 19.4 Å². The van der Waals surface area contributed by atoms with Gasteiger partial charge in [-0.25, -0.2) is 0 Å². The molecule has 1 aliphatic carbocycles. The molecule has 0 heterocycles. The Bertz CT molecular complexity index is 435. The van der Waals surface area contributed by atoms with Gasteiger partial charge >= 0.3 is 5.97 Å². The van der Waals surface area contributed by atoms with E-state index in [1.807, 2.05) is 12.1 Å². The molecule has 0 atom stereocenters. The minimum absolute atomic E-state index is 0.404. The molecule has 0 spiro atoms. The second kappa shape index (κ2) is 4.37. The van der Waals surface area contributed by atoms with Crippen LogP contribution in [0.1, 0.15) is 24.0 Å². The maximum atomic E-state index is 11.3. The SMILES string of the molecule is COCc1cc(OC)ccc1C1(C(=O)O)CC1. The number of rotatable bonds is 5. The number of carboxylic acids is 1. The zero-order valence-electron chi connectivity index (χ0n) is 10.0. The van der Waals surface area contributed by atoms with Crippen molar-refractivity contribution in [2.75, 3.05) is 14.2 Å². The third-order valence-electron chi connectivity index (χ3n) is 3.29. The van der Waals surface area contributed by atoms with Crippen molar-refractivity contribution in [3.8, 4) is 5.75 Å². The first kappa shape index (κ1) is 11.9. The zero-order chi connectivity index (χ0) is 12.5. The molecule has 0 unspecified atom stereocenters. The lowest BCUT2D eigenvalue weighted by Crippen LogP contribution is -2.21. The normalized spacial score (nSPS) is 16.6. The lowest BCUT2D eigenvalue weighted by Gasteiger charge is -2.16. The summed E-state index contributed by atoms with van der Waals surface area (Å²) < 4.78 is 10.3. The van der Waals surface area contributed by atoms with Crippen LogP contribution in [0.15, 0.2) is 18.2 Å². The molecule has 1 fully saturated rings. The third-order valence-corrected chi connectivity index (χ3v) is 3.29. The summed E-state index contributed by atoms with van der Waals surface area (Å²) in [4.78, 5) is 11.3. The molecular formula is C13H16O4. The number of methoxy groups -OCH3 is 2. The van der Waals surface area contributed by atoms with Gasteiger partial charge in [-0.2, -0.15) is 0 Å². The number of aliphatic carboxylic acids is 1. The first-order chi connectivity index (χ1) is 8.14. The van der Waals surface area contributed by atoms with Crippen LogP contribution in [0.3, 0.4) is 0 Å². The summed E-state index contributed by atoms with van der Waals surface area (Å²) in [5, 5.41) is 9.30. The molecule has 4 nitrogen and oxygen atoms in total. The van der Waals surface area contributed by atoms with Crippen LogP contribution in [0.2, 0.25) is 0 Å². The summed E-state index contributed by atoms with van der Waals surface area (Å²) in [5.41, 5.74) is 1.06. The van der Waals surface area contributed by atoms with Crippen molar-refractivity contribution in [1.29, 1.82) is 0 Å². The highest BCUT2D eigenvalue weighted by Gasteiger charge is 2.52. The predicted molar refractivity (Wildman–Crippen MR) is 62.3 cm³/mol. The van der Waals surface area contributed by atoms with E-state index >= 15 is 0 Å². The van der Waals surface area contributed by atoms with E-state index in [4.69, 9.17) is 9.47 Å². The fourth-order valence-corrected chi connectivity index (χ4v) is 2.16. The second-order valence-electron chi connectivity index (χ2n) is 4.34. The molecule has 1 N–H and O–H groups in total. The highest BCUT2D eigenvalue weighted by Crippen LogP contribution is 2.50. The fraction of sp³-hybridized carbons (Fsp3) is 0.462. The number of ether oxygens (including phenoxy) is 2. The average molecular weight is 236 g/mol. The summed E-state index contributed by atoms with van der Waals surface area (Å²) in [6, 6.07) is 5.49. The number of hydrogen-bond donors (Lipinski definition) is 1. The Labute approximate surface area is 100 Å². The van der Waals surface area contributed by atoms with Crippen LogP contribution in [0.5, 0.6) is 5.75 Å². The first-order valence-corrected chi connectivity index (χ1v) is 5.54. The second-order valence-corrected chi connectivity index (χ2v) is 4.34. The molecule has 2 rings (SSSR count). The summed E-state index contributed by atoms with van der Waals surface area (Å²) in [6.07, 6.45) is 1.40. The number of benzene rings is 1. The molecular weight excluding hydrogens is 220 g/mol. The monoisotopic (exact) mass is 236 g/mol. The van der Waals surface area contributed by atoms with Gasteiger partial charge < -0.3 is 14.6 Å². The summed E-state index contributed by atoms with van der Waals surface area (Å²) in [7, 11) is 3.19. The van der Waals surface area contributed by atoms with Crippen LogP contribution < -0.4 is 4.74 Å². The molecule has 0 aliphatic heterocycles. The van der Waals surface area contributed by atoms with Gasteiger partial charge in [0.2, 0.25) is 0 Å². The van der Waals surface area contributed by atoms with Crippen molar-refractivity contribution in [3.63, 3.8) is 0 Å². The van der Waals surface area contributed by atoms with Gasteiger partial charge in [-0.15, -0.1) is 0 Å². The predicted octanol–water partition coefficient (Wildman–Crippen LogP) is 1.96. The van der Waals surface area contributed by atoms with Gasteiger partial charge in [-0.05, 0) is 36.1 Å². The van der Waals surface area contributed by atoms with Gasteiger partial charge in [0, 0.05) is 7.11 Å². The summed E-state index contributed by atoms with van der Waals surface area (Å²) in [5.74, 6) is -0.0259. The molecule has 1 aliphatic rings. The number of carbonyl (C=O) groups is 1. The Morgan fingerprint density at radius 1 is 1.41 bits per heavy atom. The Morgan fingerprint density at radius 3 is 2.59 bits per heavy atom. The molecule has 0 saturated heterocycles. The average Bonchev–Trinajstić information content (AvgIpc) is 3.10. The van der Waals surface area contributed by atoms with Gasteiger partial charge in [0.05, 0.1) is 19.1 Å². The fourth-order valence-electron chi connectivity index (χ4n) is 2.16. The van der Waals surface area contributed by atoms with Crippen molar-refractivity contribution in [2.45, 2.75) is 24.9 Å².